The number of nitrogens with zero attached hydrogens (tertiary/aromatic N) is 2. The number of rotatable bonds is 5. The van der Waals surface area contributed by atoms with E-state index >= 15 is 0 Å². The molecule has 254 valence electrons. The third-order valence-corrected chi connectivity index (χ3v) is 11.4. The first-order chi connectivity index (χ1) is 26.8. The second-order valence-corrected chi connectivity index (χ2v) is 14.5. The van der Waals surface area contributed by atoms with E-state index in [2.05, 4.69) is 209 Å². The molecule has 54 heavy (non-hydrogen) atoms. The molecule has 1 aliphatic rings. The molecule has 0 fully saturated rings. The van der Waals surface area contributed by atoms with Gasteiger partial charge in [-0.2, -0.15) is 0 Å². The monoisotopic (exact) mass is 688 g/mol. The molecule has 0 saturated carbocycles. The molecule has 2 nitrogen and oxygen atoms in total. The third-order valence-electron chi connectivity index (χ3n) is 11.4. The maximum atomic E-state index is 2.55. The minimum atomic E-state index is 0.266. The van der Waals surface area contributed by atoms with Gasteiger partial charge in [0.25, 0.3) is 0 Å². The van der Waals surface area contributed by atoms with E-state index in [1.807, 2.05) is 0 Å². The van der Waals surface area contributed by atoms with Crippen molar-refractivity contribution in [3.8, 4) is 39.1 Å². The average Bonchev–Trinajstić information content (AvgIpc) is 3.76. The highest BCUT2D eigenvalue weighted by molar-refractivity contribution is 6.12. The van der Waals surface area contributed by atoms with Crippen LogP contribution in [-0.2, 0) is 0 Å². The fraction of sp³-hybridized carbons (Fsp3) is 0.0385. The summed E-state index contributed by atoms with van der Waals surface area (Å²) >= 11 is 0. The number of fused-ring (bicyclic) bond motifs is 7. The van der Waals surface area contributed by atoms with Gasteiger partial charge in [0.05, 0.1) is 22.6 Å². The molecule has 10 aromatic rings. The smallest absolute Gasteiger partial charge is 0.0560 e. The van der Waals surface area contributed by atoms with Crippen molar-refractivity contribution >= 4 is 54.4 Å². The Hall–Kier alpha value is -6.90. The molecule has 0 bridgehead atoms. The van der Waals surface area contributed by atoms with Gasteiger partial charge in [-0.25, -0.2) is 0 Å². The lowest BCUT2D eigenvalue weighted by atomic mass is 9.96. The van der Waals surface area contributed by atoms with Crippen LogP contribution in [0.15, 0.2) is 200 Å². The Labute approximate surface area is 314 Å². The van der Waals surface area contributed by atoms with Crippen LogP contribution < -0.4 is 0 Å². The van der Waals surface area contributed by atoms with Crippen molar-refractivity contribution in [1.29, 1.82) is 0 Å². The Balaban J connectivity index is 0.999. The van der Waals surface area contributed by atoms with Crippen LogP contribution in [0.4, 0.5) is 0 Å². The van der Waals surface area contributed by atoms with E-state index in [4.69, 9.17) is 0 Å². The normalized spacial score (nSPS) is 14.3. The van der Waals surface area contributed by atoms with Crippen LogP contribution in [0.2, 0.25) is 0 Å². The van der Waals surface area contributed by atoms with Crippen LogP contribution in [0.5, 0.6) is 0 Å². The van der Waals surface area contributed by atoms with E-state index in [0.29, 0.717) is 0 Å². The quantitative estimate of drug-likeness (QED) is 0.170. The molecule has 1 unspecified atom stereocenters. The Bertz CT molecular complexity index is 3110. The highest BCUT2D eigenvalue weighted by Gasteiger charge is 2.19. The fourth-order valence-corrected chi connectivity index (χ4v) is 8.85. The standard InChI is InChI=1S/C52H36N2/c1-3-14-41(15-4-1)53-49-21-10-9-19-45(49)47-32-38(27-30-50(47)53)35-22-24-36(25-23-35)39-28-31-51-48(33-39)46-29-26-40(34-52(46)54(51)42-16-5-2-6-17-42)44-20-11-13-37-12-7-8-18-43(37)44/h1-16,18-34,42H,17H2. The van der Waals surface area contributed by atoms with Gasteiger partial charge in [0.1, 0.15) is 0 Å². The minimum absolute atomic E-state index is 0.266. The highest BCUT2D eigenvalue weighted by atomic mass is 15.0. The SMILES string of the molecule is C1=CCC(n2c3ccc(-c4ccc(-c5ccc6c(c5)c5ccccc5n6-c5ccccc5)cc4)cc3c3ccc(-c4cccc5ccccc45)cc32)C=C1. The average molecular weight is 689 g/mol. The maximum Gasteiger partial charge on any atom is 0.0560 e. The molecule has 0 saturated heterocycles. The predicted molar refractivity (Wildman–Crippen MR) is 230 cm³/mol. The Morgan fingerprint density at radius 3 is 1.78 bits per heavy atom. The van der Waals surface area contributed by atoms with Gasteiger partial charge in [-0.1, -0.05) is 152 Å². The number of benzene rings is 8. The maximum absolute atomic E-state index is 2.55. The van der Waals surface area contributed by atoms with E-state index in [9.17, 15) is 0 Å². The first-order valence-electron chi connectivity index (χ1n) is 18.9. The zero-order valence-corrected chi connectivity index (χ0v) is 29.7. The Morgan fingerprint density at radius 1 is 0.389 bits per heavy atom. The lowest BCUT2D eigenvalue weighted by Crippen LogP contribution is -2.06. The minimum Gasteiger partial charge on any atom is -0.333 e. The van der Waals surface area contributed by atoms with Gasteiger partial charge in [0, 0.05) is 32.7 Å². The zero-order valence-electron chi connectivity index (χ0n) is 29.7. The number of hydrogen-bond donors (Lipinski definition) is 0. The number of para-hydroxylation sites is 2. The van der Waals surface area contributed by atoms with Crippen molar-refractivity contribution < 1.29 is 0 Å². The topological polar surface area (TPSA) is 9.86 Å². The van der Waals surface area contributed by atoms with Crippen LogP contribution in [0.3, 0.4) is 0 Å². The van der Waals surface area contributed by atoms with E-state index in [-0.39, 0.29) is 6.04 Å². The molecular weight excluding hydrogens is 653 g/mol. The molecule has 2 heteroatoms. The lowest BCUT2D eigenvalue weighted by Gasteiger charge is -2.19. The molecule has 2 aromatic heterocycles. The van der Waals surface area contributed by atoms with Gasteiger partial charge in [0.2, 0.25) is 0 Å². The van der Waals surface area contributed by atoms with Gasteiger partial charge < -0.3 is 9.13 Å². The Morgan fingerprint density at radius 2 is 1.00 bits per heavy atom. The second-order valence-electron chi connectivity index (χ2n) is 14.5. The first kappa shape index (κ1) is 30.7. The van der Waals surface area contributed by atoms with E-state index in [1.54, 1.807) is 0 Å². The number of hydrogen-bond acceptors (Lipinski definition) is 0. The number of aromatic nitrogens is 2. The first-order valence-corrected chi connectivity index (χ1v) is 18.9. The van der Waals surface area contributed by atoms with E-state index < -0.39 is 0 Å². The van der Waals surface area contributed by atoms with Gasteiger partial charge >= 0.3 is 0 Å². The zero-order chi connectivity index (χ0) is 35.6. The summed E-state index contributed by atoms with van der Waals surface area (Å²) in [5, 5.41) is 7.67. The summed E-state index contributed by atoms with van der Waals surface area (Å²) in [7, 11) is 0. The molecule has 0 radical (unpaired) electrons. The molecule has 1 aliphatic carbocycles. The molecule has 2 heterocycles. The third kappa shape index (κ3) is 4.88. The van der Waals surface area contributed by atoms with E-state index in [0.717, 1.165) is 6.42 Å². The summed E-state index contributed by atoms with van der Waals surface area (Å²) in [5.74, 6) is 0. The summed E-state index contributed by atoms with van der Waals surface area (Å²) in [6, 6.07) is 65.0. The molecule has 0 N–H and O–H groups in total. The number of allylic oxidation sites excluding steroid dienone is 4. The Kier molecular flexibility index (Phi) is 7.03. The van der Waals surface area contributed by atoms with E-state index in [1.165, 1.54) is 93.5 Å². The summed E-state index contributed by atoms with van der Waals surface area (Å²) in [6.45, 7) is 0. The molecule has 8 aromatic carbocycles. The van der Waals surface area contributed by atoms with Gasteiger partial charge in [-0.05, 0) is 99.1 Å². The largest absolute Gasteiger partial charge is 0.333 e. The lowest BCUT2D eigenvalue weighted by molar-refractivity contribution is 0.648. The van der Waals surface area contributed by atoms with Crippen LogP contribution in [0.25, 0.3) is 93.5 Å². The molecular formula is C52H36N2. The summed E-state index contributed by atoms with van der Waals surface area (Å²) in [4.78, 5) is 0. The molecule has 0 spiro atoms. The van der Waals surface area contributed by atoms with Crippen molar-refractivity contribution in [2.45, 2.75) is 12.5 Å². The summed E-state index contributed by atoms with van der Waals surface area (Å²) in [5.41, 5.74) is 13.6. The summed E-state index contributed by atoms with van der Waals surface area (Å²) in [6.07, 6.45) is 9.96. The molecule has 0 aliphatic heterocycles. The van der Waals surface area contributed by atoms with Gasteiger partial charge in [-0.3, -0.25) is 0 Å². The predicted octanol–water partition coefficient (Wildman–Crippen LogP) is 14.1. The van der Waals surface area contributed by atoms with Crippen molar-refractivity contribution in [2.75, 3.05) is 0 Å². The molecule has 0 amide bonds. The summed E-state index contributed by atoms with van der Waals surface area (Å²) < 4.78 is 4.92. The van der Waals surface area contributed by atoms with Gasteiger partial charge in [0.15, 0.2) is 0 Å². The van der Waals surface area contributed by atoms with Crippen molar-refractivity contribution in [1.82, 2.24) is 9.13 Å². The molecule has 1 atom stereocenters. The van der Waals surface area contributed by atoms with Crippen LogP contribution in [-0.4, -0.2) is 9.13 Å². The fourth-order valence-electron chi connectivity index (χ4n) is 8.85. The van der Waals surface area contributed by atoms with Gasteiger partial charge in [-0.15, -0.1) is 0 Å². The van der Waals surface area contributed by atoms with Crippen molar-refractivity contribution in [3.05, 3.63) is 200 Å². The van der Waals surface area contributed by atoms with Crippen LogP contribution >= 0.6 is 0 Å². The van der Waals surface area contributed by atoms with Crippen molar-refractivity contribution in [2.24, 2.45) is 0 Å². The highest BCUT2D eigenvalue weighted by Crippen LogP contribution is 2.40. The van der Waals surface area contributed by atoms with Crippen LogP contribution in [0.1, 0.15) is 12.5 Å². The molecule has 11 rings (SSSR count). The van der Waals surface area contributed by atoms with Crippen molar-refractivity contribution in [3.63, 3.8) is 0 Å². The second kappa shape index (κ2) is 12.4. The van der Waals surface area contributed by atoms with Crippen LogP contribution in [0, 0.1) is 0 Å².